The van der Waals surface area contributed by atoms with Crippen LogP contribution in [0.1, 0.15) is 12.8 Å². The van der Waals surface area contributed by atoms with Gasteiger partial charge in [0.1, 0.15) is 0 Å². The minimum absolute atomic E-state index is 0.00645. The van der Waals surface area contributed by atoms with Gasteiger partial charge in [-0.1, -0.05) is 0 Å². The lowest BCUT2D eigenvalue weighted by molar-refractivity contribution is -0.124. The molecule has 1 aliphatic rings. The lowest BCUT2D eigenvalue weighted by atomic mass is 9.97. The fraction of sp³-hybridized carbons (Fsp3) is 0.545. The summed E-state index contributed by atoms with van der Waals surface area (Å²) in [4.78, 5) is 24.8. The van der Waals surface area contributed by atoms with Crippen molar-refractivity contribution in [3.8, 4) is 0 Å². The number of hydrogen-bond donors (Lipinski definition) is 2. The third-order valence-electron chi connectivity index (χ3n) is 3.05. The van der Waals surface area contributed by atoms with Gasteiger partial charge in [0.15, 0.2) is 0 Å². The molecule has 1 saturated heterocycles. The van der Waals surface area contributed by atoms with Crippen LogP contribution in [0.15, 0.2) is 17.1 Å². The van der Waals surface area contributed by atoms with E-state index in [1.165, 1.54) is 6.07 Å². The Bertz CT molecular complexity index is 457. The van der Waals surface area contributed by atoms with Crippen LogP contribution in [0.2, 0.25) is 0 Å². The summed E-state index contributed by atoms with van der Waals surface area (Å²) in [6.07, 6.45) is 3.46. The summed E-state index contributed by atoms with van der Waals surface area (Å²) in [7, 11) is 1.65. The molecule has 0 saturated carbocycles. The van der Waals surface area contributed by atoms with Crippen molar-refractivity contribution in [1.29, 1.82) is 0 Å². The molecule has 0 bridgehead atoms. The van der Waals surface area contributed by atoms with E-state index in [4.69, 9.17) is 0 Å². The fourth-order valence-electron chi connectivity index (χ4n) is 2.17. The van der Waals surface area contributed by atoms with Crippen LogP contribution in [0, 0.1) is 5.92 Å². The maximum atomic E-state index is 11.6. The van der Waals surface area contributed by atoms with Crippen molar-refractivity contribution < 1.29 is 4.79 Å². The van der Waals surface area contributed by atoms with E-state index in [-0.39, 0.29) is 17.4 Å². The highest BCUT2D eigenvalue weighted by molar-refractivity contribution is 5.79. The number of aromatic amines is 1. The van der Waals surface area contributed by atoms with E-state index in [1.807, 2.05) is 4.90 Å². The third kappa shape index (κ3) is 2.64. The summed E-state index contributed by atoms with van der Waals surface area (Å²) in [5.74, 6) is 0.0561. The summed E-state index contributed by atoms with van der Waals surface area (Å²) in [5.41, 5.74) is 0.562. The van der Waals surface area contributed by atoms with Crippen LogP contribution < -0.4 is 15.8 Å². The molecule has 1 aliphatic heterocycles. The minimum atomic E-state index is -0.218. The van der Waals surface area contributed by atoms with E-state index in [2.05, 4.69) is 15.5 Å². The minimum Gasteiger partial charge on any atom is -0.369 e. The number of piperidine rings is 1. The first-order chi connectivity index (χ1) is 8.20. The molecule has 1 aromatic heterocycles. The Kier molecular flexibility index (Phi) is 3.41. The topological polar surface area (TPSA) is 78.1 Å². The zero-order valence-electron chi connectivity index (χ0n) is 9.77. The predicted molar refractivity (Wildman–Crippen MR) is 63.9 cm³/mol. The van der Waals surface area contributed by atoms with Gasteiger partial charge in [-0.3, -0.25) is 9.59 Å². The van der Waals surface area contributed by atoms with E-state index in [0.29, 0.717) is 6.54 Å². The smallest absolute Gasteiger partial charge is 0.266 e. The summed E-state index contributed by atoms with van der Waals surface area (Å²) in [6.45, 7) is 1.50. The van der Waals surface area contributed by atoms with Crippen molar-refractivity contribution >= 4 is 11.6 Å². The number of carbonyl (C=O) groups is 1. The van der Waals surface area contributed by atoms with Crippen molar-refractivity contribution in [2.45, 2.75) is 12.8 Å². The number of anilines is 1. The molecule has 0 spiro atoms. The van der Waals surface area contributed by atoms with E-state index in [9.17, 15) is 9.59 Å². The Labute approximate surface area is 99.0 Å². The molecule has 0 aliphatic carbocycles. The molecule has 0 aromatic carbocycles. The molecule has 17 heavy (non-hydrogen) atoms. The molecule has 6 nitrogen and oxygen atoms in total. The van der Waals surface area contributed by atoms with E-state index in [0.717, 1.165) is 25.1 Å². The molecular formula is C11H16N4O2. The van der Waals surface area contributed by atoms with Crippen LogP contribution in [-0.2, 0) is 4.79 Å². The van der Waals surface area contributed by atoms with E-state index in [1.54, 1.807) is 13.2 Å². The molecule has 0 radical (unpaired) electrons. The maximum Gasteiger partial charge on any atom is 0.266 e. The highest BCUT2D eigenvalue weighted by atomic mass is 16.1. The molecule has 6 heteroatoms. The lowest BCUT2D eigenvalue weighted by Gasteiger charge is -2.33. The highest BCUT2D eigenvalue weighted by Crippen LogP contribution is 2.21. The maximum absolute atomic E-state index is 11.6. The number of rotatable bonds is 2. The molecule has 1 fully saturated rings. The number of amides is 1. The lowest BCUT2D eigenvalue weighted by Crippen LogP contribution is -2.42. The number of aromatic nitrogens is 2. The first-order valence-corrected chi connectivity index (χ1v) is 5.72. The molecule has 2 N–H and O–H groups in total. The Balaban J connectivity index is 2.12. The number of nitrogens with one attached hydrogen (secondary N) is 2. The Hall–Kier alpha value is -1.85. The van der Waals surface area contributed by atoms with Crippen molar-refractivity contribution in [2.75, 3.05) is 25.0 Å². The number of nitrogens with zero attached hydrogens (tertiary/aromatic N) is 2. The van der Waals surface area contributed by atoms with Crippen molar-refractivity contribution in [3.63, 3.8) is 0 Å². The second-order valence-corrected chi connectivity index (χ2v) is 4.20. The van der Waals surface area contributed by atoms with Gasteiger partial charge in [-0.05, 0) is 12.8 Å². The Morgan fingerprint density at radius 1 is 1.65 bits per heavy atom. The summed E-state index contributed by atoms with van der Waals surface area (Å²) < 4.78 is 0. The predicted octanol–water partition coefficient (Wildman–Crippen LogP) is -0.268. The van der Waals surface area contributed by atoms with Gasteiger partial charge >= 0.3 is 0 Å². The summed E-state index contributed by atoms with van der Waals surface area (Å²) >= 11 is 0. The Morgan fingerprint density at radius 2 is 2.47 bits per heavy atom. The summed E-state index contributed by atoms with van der Waals surface area (Å²) in [6, 6.07) is 1.51. The molecule has 1 amide bonds. The normalized spacial score (nSPS) is 20.1. The van der Waals surface area contributed by atoms with E-state index < -0.39 is 0 Å². The van der Waals surface area contributed by atoms with Crippen LogP contribution in [-0.4, -0.2) is 36.2 Å². The molecule has 2 heterocycles. The van der Waals surface area contributed by atoms with Crippen LogP contribution >= 0.6 is 0 Å². The molecule has 92 valence electrons. The third-order valence-corrected chi connectivity index (χ3v) is 3.05. The first-order valence-electron chi connectivity index (χ1n) is 5.72. The number of H-pyrrole nitrogens is 1. The monoisotopic (exact) mass is 236 g/mol. The quantitative estimate of drug-likeness (QED) is 0.741. The highest BCUT2D eigenvalue weighted by Gasteiger charge is 2.25. The second kappa shape index (κ2) is 4.99. The van der Waals surface area contributed by atoms with Crippen molar-refractivity contribution in [2.24, 2.45) is 5.92 Å². The largest absolute Gasteiger partial charge is 0.369 e. The molecule has 1 aromatic rings. The van der Waals surface area contributed by atoms with Crippen molar-refractivity contribution in [3.05, 3.63) is 22.6 Å². The van der Waals surface area contributed by atoms with E-state index >= 15 is 0 Å². The average Bonchev–Trinajstić information content (AvgIpc) is 2.38. The zero-order valence-corrected chi connectivity index (χ0v) is 9.77. The first kappa shape index (κ1) is 11.6. The molecule has 1 atom stereocenters. The second-order valence-electron chi connectivity index (χ2n) is 4.20. The van der Waals surface area contributed by atoms with Gasteiger partial charge < -0.3 is 10.2 Å². The van der Waals surface area contributed by atoms with Crippen LogP contribution in [0.5, 0.6) is 0 Å². The van der Waals surface area contributed by atoms with Gasteiger partial charge in [0.05, 0.1) is 17.8 Å². The van der Waals surface area contributed by atoms with Crippen LogP contribution in [0.4, 0.5) is 5.69 Å². The average molecular weight is 236 g/mol. The Morgan fingerprint density at radius 3 is 3.18 bits per heavy atom. The number of hydrogen-bond acceptors (Lipinski definition) is 4. The standard InChI is InChI=1S/C11H16N4O2/c1-12-11(17)8-3-2-4-15(7-8)9-5-10(16)14-13-6-9/h5-6,8H,2-4,7H2,1H3,(H,12,17)(H,14,16). The number of carbonyl (C=O) groups excluding carboxylic acids is 1. The molecular weight excluding hydrogens is 220 g/mol. The van der Waals surface area contributed by atoms with Gasteiger partial charge in [-0.2, -0.15) is 5.10 Å². The molecule has 2 rings (SSSR count). The van der Waals surface area contributed by atoms with Crippen LogP contribution in [0.3, 0.4) is 0 Å². The van der Waals surface area contributed by atoms with Gasteiger partial charge in [0.25, 0.3) is 5.56 Å². The zero-order chi connectivity index (χ0) is 12.3. The summed E-state index contributed by atoms with van der Waals surface area (Å²) in [5, 5.41) is 8.78. The van der Waals surface area contributed by atoms with Gasteiger partial charge in [-0.25, -0.2) is 5.10 Å². The van der Waals surface area contributed by atoms with Gasteiger partial charge in [-0.15, -0.1) is 0 Å². The van der Waals surface area contributed by atoms with Crippen molar-refractivity contribution in [1.82, 2.24) is 15.5 Å². The fourth-order valence-corrected chi connectivity index (χ4v) is 2.17. The SMILES string of the molecule is CNC(=O)C1CCCN(c2cn[nH]c(=O)c2)C1. The van der Waals surface area contributed by atoms with Crippen LogP contribution in [0.25, 0.3) is 0 Å². The van der Waals surface area contributed by atoms with Gasteiger partial charge in [0, 0.05) is 26.2 Å². The molecule has 1 unspecified atom stereocenters. The van der Waals surface area contributed by atoms with Gasteiger partial charge in [0.2, 0.25) is 5.91 Å².